The number of hydrazone groups is 1. The fraction of sp³-hybridized carbons (Fsp3) is 0.462. The number of nitrogens with zero attached hydrogens (tertiary/aromatic N) is 4. The molecular formula is C26H30N4O2S2. The third kappa shape index (κ3) is 5.61. The fourth-order valence-corrected chi connectivity index (χ4v) is 6.12. The van der Waals surface area contributed by atoms with Crippen LogP contribution in [0, 0.1) is 12.8 Å². The van der Waals surface area contributed by atoms with Gasteiger partial charge in [0.2, 0.25) is 5.89 Å². The minimum atomic E-state index is -0.0976. The average molecular weight is 495 g/mol. The molecule has 0 N–H and O–H groups in total. The van der Waals surface area contributed by atoms with Gasteiger partial charge in [0, 0.05) is 12.8 Å². The molecule has 5 rings (SSSR count). The summed E-state index contributed by atoms with van der Waals surface area (Å²) < 4.78 is 5.83. The molecule has 2 aromatic heterocycles. The van der Waals surface area contributed by atoms with Gasteiger partial charge in [0.25, 0.3) is 11.1 Å². The first-order valence-electron chi connectivity index (χ1n) is 12.1. The smallest absolute Gasteiger partial charge is 0.277 e. The molecule has 1 aliphatic carbocycles. The summed E-state index contributed by atoms with van der Waals surface area (Å²) in [6.07, 6.45) is 9.33. The van der Waals surface area contributed by atoms with Crippen LogP contribution in [0.25, 0.3) is 0 Å². The Kier molecular flexibility index (Phi) is 7.45. The zero-order valence-corrected chi connectivity index (χ0v) is 21.1. The summed E-state index contributed by atoms with van der Waals surface area (Å²) in [5.74, 6) is 1.62. The summed E-state index contributed by atoms with van der Waals surface area (Å²) in [6.45, 7) is 2.07. The first-order valence-corrected chi connectivity index (χ1v) is 14.0. The highest BCUT2D eigenvalue weighted by molar-refractivity contribution is 7.99. The summed E-state index contributed by atoms with van der Waals surface area (Å²) in [4.78, 5) is 14.3. The summed E-state index contributed by atoms with van der Waals surface area (Å²) >= 11 is 2.95. The maximum atomic E-state index is 13.2. The minimum Gasteiger partial charge on any atom is -0.416 e. The lowest BCUT2D eigenvalue weighted by atomic mass is 9.86. The van der Waals surface area contributed by atoms with Crippen molar-refractivity contribution in [3.05, 3.63) is 63.7 Å². The van der Waals surface area contributed by atoms with E-state index in [1.54, 1.807) is 16.3 Å². The highest BCUT2D eigenvalue weighted by Crippen LogP contribution is 2.35. The number of aryl methyl sites for hydroxylation is 2. The average Bonchev–Trinajstić information content (AvgIpc) is 3.63. The van der Waals surface area contributed by atoms with Crippen molar-refractivity contribution in [2.24, 2.45) is 11.0 Å². The summed E-state index contributed by atoms with van der Waals surface area (Å²) in [6, 6.07) is 12.3. The van der Waals surface area contributed by atoms with E-state index < -0.39 is 0 Å². The predicted octanol–water partition coefficient (Wildman–Crippen LogP) is 6.42. The third-order valence-corrected chi connectivity index (χ3v) is 8.41. The molecule has 2 aliphatic rings. The second-order valence-corrected chi connectivity index (χ2v) is 11.1. The number of thioether (sulfide) groups is 1. The molecular weight excluding hydrogens is 464 g/mol. The van der Waals surface area contributed by atoms with Crippen LogP contribution in [0.1, 0.15) is 72.9 Å². The molecule has 0 radical (unpaired) electrons. The van der Waals surface area contributed by atoms with Crippen LogP contribution in [0.4, 0.5) is 0 Å². The van der Waals surface area contributed by atoms with E-state index in [1.807, 2.05) is 11.4 Å². The lowest BCUT2D eigenvalue weighted by molar-refractivity contribution is -0.130. The Morgan fingerprint density at radius 3 is 2.74 bits per heavy atom. The van der Waals surface area contributed by atoms with Crippen molar-refractivity contribution >= 4 is 34.7 Å². The van der Waals surface area contributed by atoms with Crippen LogP contribution >= 0.6 is 23.1 Å². The van der Waals surface area contributed by atoms with E-state index >= 15 is 0 Å². The van der Waals surface area contributed by atoms with Crippen molar-refractivity contribution in [1.29, 1.82) is 0 Å². The number of benzene rings is 1. The number of hydrogen-bond acceptors (Lipinski definition) is 7. The van der Waals surface area contributed by atoms with Gasteiger partial charge in [0.1, 0.15) is 0 Å². The second-order valence-electron chi connectivity index (χ2n) is 9.19. The number of carbonyl (C=O) groups is 1. The normalized spacial score (nSPS) is 18.9. The van der Waals surface area contributed by atoms with Crippen molar-refractivity contribution in [3.8, 4) is 0 Å². The summed E-state index contributed by atoms with van der Waals surface area (Å²) in [5.41, 5.74) is 3.26. The molecule has 1 saturated carbocycles. The standard InChI is InChI=1S/C26H30N4O2S2/c1-18-9-12-20(13-10-18)22-16-21(23-8-5-15-33-23)29-30(22)25(31)17-34-26-28-27-24(32-26)14-11-19-6-3-2-4-7-19/h5,8-10,12-13,15,19,22H,2-4,6-7,11,14,16-17H2,1H3. The molecule has 0 bridgehead atoms. The highest BCUT2D eigenvalue weighted by atomic mass is 32.2. The van der Waals surface area contributed by atoms with E-state index in [2.05, 4.69) is 47.5 Å². The number of amides is 1. The van der Waals surface area contributed by atoms with Gasteiger partial charge in [0.05, 0.1) is 22.4 Å². The second kappa shape index (κ2) is 10.9. The molecule has 1 aliphatic heterocycles. The summed E-state index contributed by atoms with van der Waals surface area (Å²) in [5, 5.41) is 17.3. The van der Waals surface area contributed by atoms with Gasteiger partial charge in [-0.15, -0.1) is 21.5 Å². The molecule has 1 unspecified atom stereocenters. The van der Waals surface area contributed by atoms with Gasteiger partial charge in [-0.2, -0.15) is 5.10 Å². The fourth-order valence-electron chi connectivity index (χ4n) is 4.77. The number of aromatic nitrogens is 2. The third-order valence-electron chi connectivity index (χ3n) is 6.69. The Morgan fingerprint density at radius 2 is 1.97 bits per heavy atom. The molecule has 0 saturated heterocycles. The van der Waals surface area contributed by atoms with E-state index in [9.17, 15) is 4.79 Å². The van der Waals surface area contributed by atoms with E-state index in [4.69, 9.17) is 9.52 Å². The van der Waals surface area contributed by atoms with Gasteiger partial charge >= 0.3 is 0 Å². The lowest BCUT2D eigenvalue weighted by Crippen LogP contribution is -2.28. The molecule has 1 aromatic carbocycles. The highest BCUT2D eigenvalue weighted by Gasteiger charge is 2.33. The van der Waals surface area contributed by atoms with Gasteiger partial charge in [-0.1, -0.05) is 79.8 Å². The largest absolute Gasteiger partial charge is 0.416 e. The Hall–Kier alpha value is -2.45. The van der Waals surface area contributed by atoms with Gasteiger partial charge in [0.15, 0.2) is 0 Å². The zero-order valence-electron chi connectivity index (χ0n) is 19.5. The quantitative estimate of drug-likeness (QED) is 0.338. The molecule has 0 spiro atoms. The van der Waals surface area contributed by atoms with Gasteiger partial charge < -0.3 is 4.42 Å². The molecule has 1 atom stereocenters. The SMILES string of the molecule is Cc1ccc(C2CC(c3cccs3)=NN2C(=O)CSc2nnc(CCC3CCCCC3)o2)cc1. The van der Waals surface area contributed by atoms with Crippen molar-refractivity contribution in [3.63, 3.8) is 0 Å². The van der Waals surface area contributed by atoms with Crippen molar-refractivity contribution in [2.45, 2.75) is 69.6 Å². The number of rotatable bonds is 8. The number of thiophene rings is 1. The van der Waals surface area contributed by atoms with E-state index in [-0.39, 0.29) is 17.7 Å². The summed E-state index contributed by atoms with van der Waals surface area (Å²) in [7, 11) is 0. The van der Waals surface area contributed by atoms with Gasteiger partial charge in [-0.25, -0.2) is 5.01 Å². The van der Waals surface area contributed by atoms with Crippen LogP contribution in [-0.4, -0.2) is 32.6 Å². The van der Waals surface area contributed by atoms with Crippen molar-refractivity contribution in [2.75, 3.05) is 5.75 Å². The molecule has 1 amide bonds. The Morgan fingerprint density at radius 1 is 1.15 bits per heavy atom. The first kappa shape index (κ1) is 23.3. The van der Waals surface area contributed by atoms with Gasteiger partial charge in [-0.05, 0) is 36.3 Å². The maximum Gasteiger partial charge on any atom is 0.277 e. The monoisotopic (exact) mass is 494 g/mol. The van der Waals surface area contributed by atoms with Crippen LogP contribution in [-0.2, 0) is 11.2 Å². The van der Waals surface area contributed by atoms with Crippen molar-refractivity contribution < 1.29 is 9.21 Å². The molecule has 3 heterocycles. The predicted molar refractivity (Wildman–Crippen MR) is 136 cm³/mol. The zero-order chi connectivity index (χ0) is 23.3. The maximum absolute atomic E-state index is 13.2. The Balaban J connectivity index is 1.22. The van der Waals surface area contributed by atoms with Crippen LogP contribution in [0.15, 0.2) is 56.5 Å². The Labute approximate surface area is 208 Å². The molecule has 8 heteroatoms. The van der Waals surface area contributed by atoms with E-state index in [1.165, 1.54) is 49.4 Å². The minimum absolute atomic E-state index is 0.0518. The number of carbonyl (C=O) groups excluding carboxylic acids is 1. The van der Waals surface area contributed by atoms with Gasteiger partial charge in [-0.3, -0.25) is 4.79 Å². The molecule has 6 nitrogen and oxygen atoms in total. The van der Waals surface area contributed by atoms with Crippen LogP contribution < -0.4 is 0 Å². The molecule has 1 fully saturated rings. The van der Waals surface area contributed by atoms with Crippen molar-refractivity contribution in [1.82, 2.24) is 15.2 Å². The van der Waals surface area contributed by atoms with Crippen LogP contribution in [0.2, 0.25) is 0 Å². The number of hydrogen-bond donors (Lipinski definition) is 0. The van der Waals surface area contributed by atoms with Crippen LogP contribution in [0.3, 0.4) is 0 Å². The molecule has 178 valence electrons. The van der Waals surface area contributed by atoms with E-state index in [0.717, 1.165) is 34.9 Å². The topological polar surface area (TPSA) is 71.6 Å². The first-order chi connectivity index (χ1) is 16.7. The molecule has 3 aromatic rings. The lowest BCUT2D eigenvalue weighted by Gasteiger charge is -2.21. The Bertz CT molecular complexity index is 1120. The van der Waals surface area contributed by atoms with E-state index in [0.29, 0.717) is 17.5 Å². The van der Waals surface area contributed by atoms with Crippen LogP contribution in [0.5, 0.6) is 0 Å². The molecule has 34 heavy (non-hydrogen) atoms.